The van der Waals surface area contributed by atoms with Gasteiger partial charge in [-0.1, -0.05) is 15.9 Å². The molecule has 0 radical (unpaired) electrons. The van der Waals surface area contributed by atoms with E-state index in [4.69, 9.17) is 4.74 Å². The number of Topliss-reactive ketones (excluding diaryl/α,β-unsaturated/α-hetero) is 1. The highest BCUT2D eigenvalue weighted by Gasteiger charge is 2.16. The molecule has 1 aromatic heterocycles. The molecule has 1 N–H and O–H groups in total. The van der Waals surface area contributed by atoms with Gasteiger partial charge in [-0.25, -0.2) is 0 Å². The van der Waals surface area contributed by atoms with Crippen molar-refractivity contribution in [2.75, 3.05) is 6.61 Å². The number of rotatable bonds is 4. The van der Waals surface area contributed by atoms with E-state index in [2.05, 4.69) is 33.0 Å². The average molecular weight is 360 g/mol. The molecule has 0 spiro atoms. The number of halogens is 1. The first-order valence-electron chi connectivity index (χ1n) is 7.37. The Hall–Kier alpha value is -1.81. The summed E-state index contributed by atoms with van der Waals surface area (Å²) in [5.41, 5.74) is 4.16. The summed E-state index contributed by atoms with van der Waals surface area (Å²) >= 11 is 3.53. The molecule has 0 atom stereocenters. The Labute approximate surface area is 137 Å². The van der Waals surface area contributed by atoms with E-state index < -0.39 is 0 Å². The molecule has 3 rings (SSSR count). The molecule has 0 saturated carbocycles. The van der Waals surface area contributed by atoms with Gasteiger partial charge in [0.05, 0.1) is 12.1 Å². The minimum Gasteiger partial charge on any atom is -0.494 e. The topological polar surface area (TPSA) is 42.1 Å². The Bertz CT molecular complexity index is 880. The fourth-order valence-corrected chi connectivity index (χ4v) is 3.28. The molecule has 0 aliphatic heterocycles. The van der Waals surface area contributed by atoms with E-state index >= 15 is 0 Å². The summed E-state index contributed by atoms with van der Waals surface area (Å²) in [6.07, 6.45) is 0.414. The molecule has 3 nitrogen and oxygen atoms in total. The maximum Gasteiger partial charge on any atom is 0.134 e. The molecule has 4 heteroatoms. The molecule has 0 saturated heterocycles. The minimum atomic E-state index is 0.151. The Balaban J connectivity index is 2.39. The van der Waals surface area contributed by atoms with E-state index in [0.29, 0.717) is 13.0 Å². The number of carbonyl (C=O) groups excluding carboxylic acids is 1. The van der Waals surface area contributed by atoms with Gasteiger partial charge in [0.1, 0.15) is 11.5 Å². The molecule has 0 amide bonds. The van der Waals surface area contributed by atoms with Crippen LogP contribution in [0.25, 0.3) is 21.8 Å². The van der Waals surface area contributed by atoms with Crippen LogP contribution in [0.1, 0.15) is 25.0 Å². The number of ketones is 1. The van der Waals surface area contributed by atoms with Crippen LogP contribution < -0.4 is 4.74 Å². The van der Waals surface area contributed by atoms with Crippen molar-refractivity contribution in [3.05, 3.63) is 39.9 Å². The predicted molar refractivity (Wildman–Crippen MR) is 93.8 cm³/mol. The van der Waals surface area contributed by atoms with E-state index in [0.717, 1.165) is 43.2 Å². The van der Waals surface area contributed by atoms with Crippen LogP contribution in [0.4, 0.5) is 0 Å². The second-order valence-corrected chi connectivity index (χ2v) is 6.44. The van der Waals surface area contributed by atoms with Gasteiger partial charge < -0.3 is 9.72 Å². The number of aromatic nitrogens is 1. The lowest BCUT2D eigenvalue weighted by molar-refractivity contribution is -0.116. The van der Waals surface area contributed by atoms with E-state index in [9.17, 15) is 4.79 Å². The van der Waals surface area contributed by atoms with Crippen LogP contribution in [0.3, 0.4) is 0 Å². The fraction of sp³-hybridized carbons (Fsp3) is 0.278. The molecule has 2 aromatic carbocycles. The normalized spacial score (nSPS) is 11.3. The van der Waals surface area contributed by atoms with E-state index in [-0.39, 0.29) is 5.78 Å². The standard InChI is InChI=1S/C18H18BrNO2/c1-4-22-17-9-15-14-8-12(19)5-6-16(14)20-18(15)13(11(17)3)7-10(2)21/h5-6,8-9,20H,4,7H2,1-3H3. The predicted octanol–water partition coefficient (Wildman–Crippen LogP) is 4.92. The summed E-state index contributed by atoms with van der Waals surface area (Å²) in [6.45, 7) is 6.22. The first kappa shape index (κ1) is 15.1. The molecular weight excluding hydrogens is 342 g/mol. The average Bonchev–Trinajstić information content (AvgIpc) is 2.81. The van der Waals surface area contributed by atoms with Gasteiger partial charge in [0, 0.05) is 27.2 Å². The maximum absolute atomic E-state index is 11.7. The van der Waals surface area contributed by atoms with Crippen LogP contribution in [-0.4, -0.2) is 17.4 Å². The van der Waals surface area contributed by atoms with Gasteiger partial charge in [0.25, 0.3) is 0 Å². The van der Waals surface area contributed by atoms with Gasteiger partial charge in [0.15, 0.2) is 0 Å². The van der Waals surface area contributed by atoms with E-state index in [1.165, 1.54) is 0 Å². The van der Waals surface area contributed by atoms with E-state index in [1.54, 1.807) is 6.92 Å². The SMILES string of the molecule is CCOc1cc2c([nH]c3ccc(Br)cc32)c(CC(C)=O)c1C. The van der Waals surface area contributed by atoms with Gasteiger partial charge in [0.2, 0.25) is 0 Å². The van der Waals surface area contributed by atoms with Crippen molar-refractivity contribution in [1.29, 1.82) is 0 Å². The summed E-state index contributed by atoms with van der Waals surface area (Å²) in [7, 11) is 0. The summed E-state index contributed by atoms with van der Waals surface area (Å²) < 4.78 is 6.81. The number of H-pyrrole nitrogens is 1. The third-order valence-electron chi connectivity index (χ3n) is 3.93. The third-order valence-corrected chi connectivity index (χ3v) is 4.42. The number of hydrogen-bond donors (Lipinski definition) is 1. The maximum atomic E-state index is 11.7. The zero-order valence-electron chi connectivity index (χ0n) is 12.9. The molecule has 3 aromatic rings. The number of nitrogens with one attached hydrogen (secondary N) is 1. The largest absolute Gasteiger partial charge is 0.494 e. The van der Waals surface area contributed by atoms with Crippen molar-refractivity contribution in [1.82, 2.24) is 4.98 Å². The van der Waals surface area contributed by atoms with Gasteiger partial charge >= 0.3 is 0 Å². The Morgan fingerprint density at radius 1 is 1.27 bits per heavy atom. The lowest BCUT2D eigenvalue weighted by atomic mass is 9.98. The van der Waals surface area contributed by atoms with Crippen molar-refractivity contribution < 1.29 is 9.53 Å². The number of benzene rings is 2. The van der Waals surface area contributed by atoms with E-state index in [1.807, 2.05) is 26.0 Å². The number of carbonyl (C=O) groups is 1. The van der Waals surface area contributed by atoms with Crippen LogP contribution in [0.5, 0.6) is 5.75 Å². The van der Waals surface area contributed by atoms with Crippen molar-refractivity contribution >= 4 is 43.5 Å². The van der Waals surface area contributed by atoms with Crippen LogP contribution in [-0.2, 0) is 11.2 Å². The molecule has 0 bridgehead atoms. The minimum absolute atomic E-state index is 0.151. The quantitative estimate of drug-likeness (QED) is 0.717. The molecule has 0 aliphatic carbocycles. The molecule has 114 valence electrons. The summed E-state index contributed by atoms with van der Waals surface area (Å²) in [5.74, 6) is 1.00. The van der Waals surface area contributed by atoms with Crippen LogP contribution >= 0.6 is 15.9 Å². The number of hydrogen-bond acceptors (Lipinski definition) is 2. The van der Waals surface area contributed by atoms with Crippen LogP contribution in [0.15, 0.2) is 28.7 Å². The number of aromatic amines is 1. The summed E-state index contributed by atoms with van der Waals surface area (Å²) in [6, 6.07) is 8.23. The Kier molecular flexibility index (Phi) is 3.96. The second kappa shape index (κ2) is 5.76. The van der Waals surface area contributed by atoms with Crippen molar-refractivity contribution in [2.24, 2.45) is 0 Å². The van der Waals surface area contributed by atoms with Crippen LogP contribution in [0, 0.1) is 6.92 Å². The molecular formula is C18H18BrNO2. The monoisotopic (exact) mass is 359 g/mol. The zero-order valence-corrected chi connectivity index (χ0v) is 14.5. The van der Waals surface area contributed by atoms with Crippen LogP contribution in [0.2, 0.25) is 0 Å². The van der Waals surface area contributed by atoms with Crippen molar-refractivity contribution in [2.45, 2.75) is 27.2 Å². The highest BCUT2D eigenvalue weighted by Crippen LogP contribution is 2.36. The number of ether oxygens (including phenoxy) is 1. The summed E-state index contributed by atoms with van der Waals surface area (Å²) in [4.78, 5) is 15.1. The third kappa shape index (κ3) is 2.52. The summed E-state index contributed by atoms with van der Waals surface area (Å²) in [5, 5.41) is 2.23. The van der Waals surface area contributed by atoms with Gasteiger partial charge in [-0.15, -0.1) is 0 Å². The second-order valence-electron chi connectivity index (χ2n) is 5.53. The zero-order chi connectivity index (χ0) is 15.9. The van der Waals surface area contributed by atoms with Gasteiger partial charge in [-0.3, -0.25) is 4.79 Å². The fourth-order valence-electron chi connectivity index (χ4n) is 2.92. The highest BCUT2D eigenvalue weighted by atomic mass is 79.9. The Morgan fingerprint density at radius 2 is 2.05 bits per heavy atom. The van der Waals surface area contributed by atoms with Gasteiger partial charge in [-0.2, -0.15) is 0 Å². The highest BCUT2D eigenvalue weighted by molar-refractivity contribution is 9.10. The first-order chi connectivity index (χ1) is 10.5. The first-order valence-corrected chi connectivity index (χ1v) is 8.16. The lowest BCUT2D eigenvalue weighted by Crippen LogP contribution is -2.03. The molecule has 0 unspecified atom stereocenters. The Morgan fingerprint density at radius 3 is 2.73 bits per heavy atom. The van der Waals surface area contributed by atoms with Gasteiger partial charge in [-0.05, 0) is 56.2 Å². The lowest BCUT2D eigenvalue weighted by Gasteiger charge is -2.12. The molecule has 0 fully saturated rings. The number of fused-ring (bicyclic) bond motifs is 3. The van der Waals surface area contributed by atoms with Crippen molar-refractivity contribution in [3.63, 3.8) is 0 Å². The molecule has 22 heavy (non-hydrogen) atoms. The smallest absolute Gasteiger partial charge is 0.134 e. The molecule has 1 heterocycles. The van der Waals surface area contributed by atoms with Crippen molar-refractivity contribution in [3.8, 4) is 5.75 Å². The molecule has 0 aliphatic rings.